The molecule has 5 nitrogen and oxygen atoms in total. The van der Waals surface area contributed by atoms with Gasteiger partial charge in [-0.15, -0.1) is 0 Å². The van der Waals surface area contributed by atoms with Crippen molar-refractivity contribution in [1.82, 2.24) is 10.2 Å². The Labute approximate surface area is 108 Å². The average molecular weight is 272 g/mol. The first-order valence-electron chi connectivity index (χ1n) is 6.78. The number of sulfone groups is 1. The Morgan fingerprint density at radius 2 is 2.17 bits per heavy atom. The Bertz CT molecular complexity index is 470. The lowest BCUT2D eigenvalue weighted by Gasteiger charge is -2.34. The highest BCUT2D eigenvalue weighted by molar-refractivity contribution is 7.91. The fraction of sp³-hybridized carbons (Fsp3) is 0.917. The Balaban J connectivity index is 1.83. The third kappa shape index (κ3) is 1.86. The Morgan fingerprint density at radius 3 is 2.72 bits per heavy atom. The van der Waals surface area contributed by atoms with Crippen molar-refractivity contribution in [1.29, 1.82) is 0 Å². The normalized spacial score (nSPS) is 37.2. The van der Waals surface area contributed by atoms with Crippen molar-refractivity contribution >= 4 is 15.7 Å². The largest absolute Gasteiger partial charge is 0.322 e. The van der Waals surface area contributed by atoms with Crippen molar-refractivity contribution in [2.45, 2.75) is 56.8 Å². The molecule has 0 aromatic carbocycles. The number of nitrogens with zero attached hydrogens (tertiary/aromatic N) is 1. The maximum atomic E-state index is 12.4. The topological polar surface area (TPSA) is 66.5 Å². The van der Waals surface area contributed by atoms with Crippen molar-refractivity contribution in [2.24, 2.45) is 0 Å². The molecule has 2 unspecified atom stereocenters. The van der Waals surface area contributed by atoms with E-state index < -0.39 is 9.84 Å². The van der Waals surface area contributed by atoms with Gasteiger partial charge in [0, 0.05) is 6.04 Å². The molecule has 2 atom stereocenters. The number of carbonyl (C=O) groups excluding carboxylic acids is 1. The molecule has 1 saturated carbocycles. The molecule has 2 saturated heterocycles. The molecular weight excluding hydrogens is 252 g/mol. The second kappa shape index (κ2) is 3.93. The van der Waals surface area contributed by atoms with Crippen LogP contribution in [-0.2, 0) is 14.6 Å². The third-order valence-electron chi connectivity index (χ3n) is 4.39. The Hall–Kier alpha value is -0.620. The number of hydrogen-bond acceptors (Lipinski definition) is 4. The summed E-state index contributed by atoms with van der Waals surface area (Å²) in [6.07, 6.45) is 4.17. The highest BCUT2D eigenvalue weighted by Crippen LogP contribution is 2.44. The minimum absolute atomic E-state index is 0.0262. The van der Waals surface area contributed by atoms with E-state index >= 15 is 0 Å². The van der Waals surface area contributed by atoms with Crippen LogP contribution >= 0.6 is 0 Å². The average Bonchev–Trinajstić information content (AvgIpc) is 3.01. The van der Waals surface area contributed by atoms with E-state index in [2.05, 4.69) is 5.32 Å². The van der Waals surface area contributed by atoms with Crippen molar-refractivity contribution in [3.8, 4) is 0 Å². The molecule has 18 heavy (non-hydrogen) atoms. The molecule has 1 aliphatic carbocycles. The smallest absolute Gasteiger partial charge is 0.244 e. The van der Waals surface area contributed by atoms with E-state index in [1.54, 1.807) is 0 Å². The molecule has 0 aromatic heterocycles. The van der Waals surface area contributed by atoms with Gasteiger partial charge in [-0.3, -0.25) is 10.1 Å². The number of carbonyl (C=O) groups is 1. The van der Waals surface area contributed by atoms with Crippen LogP contribution in [0, 0.1) is 0 Å². The molecule has 0 radical (unpaired) electrons. The van der Waals surface area contributed by atoms with Crippen molar-refractivity contribution in [3.63, 3.8) is 0 Å². The zero-order valence-corrected chi connectivity index (χ0v) is 11.5. The minimum atomic E-state index is -2.96. The molecule has 0 bridgehead atoms. The molecule has 2 heterocycles. The monoisotopic (exact) mass is 272 g/mol. The van der Waals surface area contributed by atoms with Gasteiger partial charge in [0.1, 0.15) is 0 Å². The number of nitrogens with one attached hydrogen (secondary N) is 1. The summed E-state index contributed by atoms with van der Waals surface area (Å²) >= 11 is 0. The molecular formula is C12H20N2O3S. The van der Waals surface area contributed by atoms with Crippen LogP contribution in [0.4, 0.5) is 0 Å². The lowest BCUT2D eigenvalue weighted by Crippen LogP contribution is -2.49. The molecule has 1 amide bonds. The van der Waals surface area contributed by atoms with Gasteiger partial charge in [-0.25, -0.2) is 8.42 Å². The molecule has 3 fully saturated rings. The first kappa shape index (κ1) is 12.4. The summed E-state index contributed by atoms with van der Waals surface area (Å²) in [5.41, 5.74) is -0.331. The second-order valence-corrected chi connectivity index (χ2v) is 8.00. The summed E-state index contributed by atoms with van der Waals surface area (Å²) in [5, 5.41) is 3.40. The number of rotatable bonds is 2. The Morgan fingerprint density at radius 1 is 1.44 bits per heavy atom. The van der Waals surface area contributed by atoms with E-state index in [4.69, 9.17) is 0 Å². The first-order chi connectivity index (χ1) is 8.47. The van der Waals surface area contributed by atoms with Crippen LogP contribution in [0.3, 0.4) is 0 Å². The van der Waals surface area contributed by atoms with Gasteiger partial charge in [-0.1, -0.05) is 6.92 Å². The van der Waals surface area contributed by atoms with Gasteiger partial charge in [0.25, 0.3) is 0 Å². The predicted molar refractivity (Wildman–Crippen MR) is 67.7 cm³/mol. The van der Waals surface area contributed by atoms with E-state index in [1.807, 2.05) is 11.8 Å². The molecule has 102 valence electrons. The van der Waals surface area contributed by atoms with Crippen molar-refractivity contribution in [3.05, 3.63) is 0 Å². The van der Waals surface area contributed by atoms with E-state index in [1.165, 1.54) is 0 Å². The van der Waals surface area contributed by atoms with Gasteiger partial charge in [0.15, 0.2) is 9.84 Å². The minimum Gasteiger partial charge on any atom is -0.322 e. The fourth-order valence-corrected chi connectivity index (χ4v) is 4.95. The summed E-state index contributed by atoms with van der Waals surface area (Å²) in [4.78, 5) is 14.3. The van der Waals surface area contributed by atoms with Gasteiger partial charge in [0.2, 0.25) is 5.91 Å². The quantitative estimate of drug-likeness (QED) is 0.783. The standard InChI is InChI=1S/C12H20N2O3S/c1-2-10-13-12(5-6-12)11(15)14(10)9-4-3-7-18(16,17)8-9/h9-10,13H,2-8H2,1H3. The molecule has 0 aromatic rings. The van der Waals surface area contributed by atoms with Gasteiger partial charge in [-0.2, -0.15) is 0 Å². The van der Waals surface area contributed by atoms with E-state index in [0.717, 1.165) is 25.7 Å². The summed E-state index contributed by atoms with van der Waals surface area (Å²) in [6, 6.07) is -0.117. The molecule has 2 aliphatic heterocycles. The van der Waals surface area contributed by atoms with E-state index in [9.17, 15) is 13.2 Å². The third-order valence-corrected chi connectivity index (χ3v) is 6.20. The lowest BCUT2D eigenvalue weighted by atomic mass is 10.1. The SMILES string of the molecule is CCC1NC2(CC2)C(=O)N1C1CCCS(=O)(=O)C1. The summed E-state index contributed by atoms with van der Waals surface area (Å²) in [6.45, 7) is 2.04. The van der Waals surface area contributed by atoms with E-state index in [-0.39, 0.29) is 35.2 Å². The van der Waals surface area contributed by atoms with Crippen molar-refractivity contribution in [2.75, 3.05) is 11.5 Å². The molecule has 3 aliphatic rings. The van der Waals surface area contributed by atoms with E-state index in [0.29, 0.717) is 6.42 Å². The highest BCUT2D eigenvalue weighted by Gasteiger charge is 2.60. The Kier molecular flexibility index (Phi) is 2.71. The number of amides is 1. The second-order valence-electron chi connectivity index (χ2n) is 5.77. The highest BCUT2D eigenvalue weighted by atomic mass is 32.2. The summed E-state index contributed by atoms with van der Waals surface area (Å²) < 4.78 is 23.5. The zero-order valence-electron chi connectivity index (χ0n) is 10.7. The zero-order chi connectivity index (χ0) is 13.0. The lowest BCUT2D eigenvalue weighted by molar-refractivity contribution is -0.132. The van der Waals surface area contributed by atoms with Crippen LogP contribution in [0.25, 0.3) is 0 Å². The molecule has 3 rings (SSSR count). The van der Waals surface area contributed by atoms with Crippen LogP contribution in [0.5, 0.6) is 0 Å². The van der Waals surface area contributed by atoms with Gasteiger partial charge in [-0.05, 0) is 32.1 Å². The van der Waals surface area contributed by atoms with Crippen LogP contribution in [-0.4, -0.2) is 48.5 Å². The van der Waals surface area contributed by atoms with Crippen molar-refractivity contribution < 1.29 is 13.2 Å². The van der Waals surface area contributed by atoms with Crippen LogP contribution in [0.15, 0.2) is 0 Å². The first-order valence-corrected chi connectivity index (χ1v) is 8.60. The maximum absolute atomic E-state index is 12.4. The fourth-order valence-electron chi connectivity index (χ4n) is 3.26. The van der Waals surface area contributed by atoms with Crippen LogP contribution in [0.1, 0.15) is 39.0 Å². The van der Waals surface area contributed by atoms with Crippen LogP contribution < -0.4 is 5.32 Å². The predicted octanol–water partition coefficient (Wildman–Crippen LogP) is 0.264. The number of hydrogen-bond donors (Lipinski definition) is 1. The van der Waals surface area contributed by atoms with Gasteiger partial charge < -0.3 is 4.90 Å². The maximum Gasteiger partial charge on any atom is 0.244 e. The van der Waals surface area contributed by atoms with Gasteiger partial charge >= 0.3 is 0 Å². The summed E-state index contributed by atoms with van der Waals surface area (Å²) in [5.74, 6) is 0.560. The molecule has 6 heteroatoms. The summed E-state index contributed by atoms with van der Waals surface area (Å²) in [7, 11) is -2.96. The van der Waals surface area contributed by atoms with Gasteiger partial charge in [0.05, 0.1) is 23.2 Å². The van der Waals surface area contributed by atoms with Crippen LogP contribution in [0.2, 0.25) is 0 Å². The molecule has 1 spiro atoms. The molecule has 1 N–H and O–H groups in total.